The Morgan fingerprint density at radius 2 is 1.80 bits per heavy atom. The first-order valence-electron chi connectivity index (χ1n) is 11.9. The van der Waals surface area contributed by atoms with E-state index in [-0.39, 0.29) is 11.8 Å². The Bertz CT molecular complexity index is 1340. The average Bonchev–Trinajstić information content (AvgIpc) is 2.84. The van der Waals surface area contributed by atoms with Crippen molar-refractivity contribution in [1.82, 2.24) is 4.98 Å². The summed E-state index contributed by atoms with van der Waals surface area (Å²) in [5.74, 6) is 0.864. The van der Waals surface area contributed by atoms with Crippen LogP contribution in [-0.4, -0.2) is 17.4 Å². The first-order valence-corrected chi connectivity index (χ1v) is 11.9. The van der Waals surface area contributed by atoms with E-state index in [0.29, 0.717) is 5.75 Å². The molecule has 0 amide bonds. The number of allylic oxidation sites excluding steroid dienone is 2. The quantitative estimate of drug-likeness (QED) is 0.185. The molecule has 3 aromatic rings. The van der Waals surface area contributed by atoms with Crippen LogP contribution in [0.4, 0.5) is 4.79 Å². The molecule has 0 aliphatic heterocycles. The van der Waals surface area contributed by atoms with E-state index < -0.39 is 11.7 Å². The summed E-state index contributed by atoms with van der Waals surface area (Å²) in [6, 6.07) is 21.1. The number of ether oxygens (including phenoxy) is 2. The van der Waals surface area contributed by atoms with Crippen molar-refractivity contribution in [2.24, 2.45) is 10.9 Å². The molecule has 5 rings (SSSR count). The number of aliphatic imine (C=N–C) groups is 1. The zero-order valence-electron chi connectivity index (χ0n) is 20.2. The molecule has 5 heteroatoms. The lowest BCUT2D eigenvalue weighted by atomic mass is 9.63. The number of carbonyl (C=O) groups excluding carboxylic acids is 1. The van der Waals surface area contributed by atoms with E-state index in [1.807, 2.05) is 49.5 Å². The van der Waals surface area contributed by atoms with Crippen LogP contribution >= 0.6 is 0 Å². The largest absolute Gasteiger partial charge is 0.520 e. The highest BCUT2D eigenvalue weighted by atomic mass is 16.7. The van der Waals surface area contributed by atoms with Gasteiger partial charge in [0.25, 0.3) is 0 Å². The summed E-state index contributed by atoms with van der Waals surface area (Å²) in [4.78, 5) is 22.3. The second-order valence-electron chi connectivity index (χ2n) is 9.18. The molecule has 0 radical (unpaired) electrons. The molecule has 2 bridgehead atoms. The first-order chi connectivity index (χ1) is 17.0. The van der Waals surface area contributed by atoms with Gasteiger partial charge in [-0.15, -0.1) is 0 Å². The molecule has 2 atom stereocenters. The minimum absolute atomic E-state index is 0.205. The SMILES string of the molecule is C/C=C1\C2C=C(C)CC1(N=Cc1ccccc1)c1ccc(OC(=O)Oc3ccc(C)cc3)nc1C2. The van der Waals surface area contributed by atoms with Crippen molar-refractivity contribution in [1.29, 1.82) is 0 Å². The Morgan fingerprint density at radius 1 is 1.03 bits per heavy atom. The Labute approximate surface area is 205 Å². The van der Waals surface area contributed by atoms with Gasteiger partial charge in [0.05, 0.1) is 5.69 Å². The third-order valence-corrected chi connectivity index (χ3v) is 6.66. The Hall–Kier alpha value is -3.99. The van der Waals surface area contributed by atoms with E-state index in [1.165, 1.54) is 11.1 Å². The molecule has 0 fully saturated rings. The molecule has 1 aromatic heterocycles. The highest BCUT2D eigenvalue weighted by Crippen LogP contribution is 2.52. The van der Waals surface area contributed by atoms with Crippen LogP contribution in [0.3, 0.4) is 0 Å². The number of aromatic nitrogens is 1. The number of carbonyl (C=O) groups is 1. The van der Waals surface area contributed by atoms with Crippen LogP contribution in [-0.2, 0) is 12.0 Å². The highest BCUT2D eigenvalue weighted by Gasteiger charge is 2.46. The van der Waals surface area contributed by atoms with Crippen molar-refractivity contribution in [3.63, 3.8) is 0 Å². The Balaban J connectivity index is 1.47. The second kappa shape index (κ2) is 9.34. The maximum Gasteiger partial charge on any atom is 0.520 e. The highest BCUT2D eigenvalue weighted by molar-refractivity contribution is 5.80. The molecule has 0 saturated carbocycles. The zero-order chi connectivity index (χ0) is 24.4. The fourth-order valence-electron chi connectivity index (χ4n) is 5.18. The van der Waals surface area contributed by atoms with Crippen LogP contribution in [0, 0.1) is 12.8 Å². The topological polar surface area (TPSA) is 60.8 Å². The normalized spacial score (nSPS) is 22.0. The predicted molar refractivity (Wildman–Crippen MR) is 137 cm³/mol. The van der Waals surface area contributed by atoms with Crippen LogP contribution in [0.5, 0.6) is 11.6 Å². The van der Waals surface area contributed by atoms with Crippen LogP contribution < -0.4 is 9.47 Å². The van der Waals surface area contributed by atoms with Gasteiger partial charge in [-0.1, -0.05) is 65.8 Å². The third kappa shape index (κ3) is 4.54. The van der Waals surface area contributed by atoms with E-state index in [2.05, 4.69) is 38.1 Å². The van der Waals surface area contributed by atoms with Crippen LogP contribution in [0.1, 0.15) is 42.7 Å². The van der Waals surface area contributed by atoms with Gasteiger partial charge in [-0.05, 0) is 50.1 Å². The fourth-order valence-corrected chi connectivity index (χ4v) is 5.18. The van der Waals surface area contributed by atoms with Crippen molar-refractivity contribution >= 4 is 12.4 Å². The summed E-state index contributed by atoms with van der Waals surface area (Å²) >= 11 is 0. The van der Waals surface area contributed by atoms with Gasteiger partial charge in [0.1, 0.15) is 11.3 Å². The monoisotopic (exact) mass is 464 g/mol. The molecular weight excluding hydrogens is 436 g/mol. The van der Waals surface area contributed by atoms with Crippen LogP contribution in [0.15, 0.2) is 95.0 Å². The summed E-state index contributed by atoms with van der Waals surface area (Å²) in [5, 5.41) is 0. The number of aryl methyl sites for hydroxylation is 1. The Kier molecular flexibility index (Phi) is 6.08. The van der Waals surface area contributed by atoms with Crippen LogP contribution in [0.25, 0.3) is 0 Å². The van der Waals surface area contributed by atoms with Gasteiger partial charge in [-0.2, -0.15) is 0 Å². The van der Waals surface area contributed by atoms with Crippen molar-refractivity contribution in [3.05, 3.63) is 112 Å². The summed E-state index contributed by atoms with van der Waals surface area (Å²) in [6.07, 6.45) is 7.18. The summed E-state index contributed by atoms with van der Waals surface area (Å²) in [5.41, 5.74) is 6.18. The number of hydrogen-bond donors (Lipinski definition) is 0. The van der Waals surface area contributed by atoms with Crippen molar-refractivity contribution in [2.75, 3.05) is 0 Å². The molecule has 2 aromatic carbocycles. The molecule has 2 unspecified atom stereocenters. The zero-order valence-corrected chi connectivity index (χ0v) is 20.2. The van der Waals surface area contributed by atoms with Crippen LogP contribution in [0.2, 0.25) is 0 Å². The number of hydrogen-bond acceptors (Lipinski definition) is 5. The van der Waals surface area contributed by atoms with Gasteiger partial charge >= 0.3 is 6.16 Å². The molecule has 35 heavy (non-hydrogen) atoms. The van der Waals surface area contributed by atoms with Gasteiger partial charge < -0.3 is 9.47 Å². The fraction of sp³-hybridized carbons (Fsp3) is 0.233. The minimum atomic E-state index is -0.806. The number of rotatable bonds is 4. The van der Waals surface area contributed by atoms with Crippen molar-refractivity contribution in [2.45, 2.75) is 39.2 Å². The standard InChI is InChI=1S/C30H28N2O3/c1-4-25-23-16-21(3)18-30(25,31-19-22-8-6-5-7-9-22)26-14-15-28(32-27(26)17-23)35-29(33)34-24-12-10-20(2)11-13-24/h4-16,19,23H,17-18H2,1-3H3/b25-4+,31-19?. The molecule has 0 saturated heterocycles. The lowest BCUT2D eigenvalue weighted by Crippen LogP contribution is -2.40. The van der Waals surface area contributed by atoms with Crippen molar-refractivity contribution < 1.29 is 14.3 Å². The summed E-state index contributed by atoms with van der Waals surface area (Å²) < 4.78 is 10.7. The third-order valence-electron chi connectivity index (χ3n) is 6.66. The predicted octanol–water partition coefficient (Wildman–Crippen LogP) is 6.75. The number of pyridine rings is 1. The smallest absolute Gasteiger partial charge is 0.395 e. The molecular formula is C30H28N2O3. The molecule has 176 valence electrons. The lowest BCUT2D eigenvalue weighted by molar-refractivity contribution is 0.150. The number of nitrogens with zero attached hydrogens (tertiary/aromatic N) is 2. The van der Waals surface area contributed by atoms with Gasteiger partial charge in [0.15, 0.2) is 0 Å². The van der Waals surface area contributed by atoms with Crippen molar-refractivity contribution in [3.8, 4) is 11.6 Å². The second-order valence-corrected chi connectivity index (χ2v) is 9.18. The van der Waals surface area contributed by atoms with E-state index in [9.17, 15) is 4.79 Å². The molecule has 0 spiro atoms. The lowest BCUT2D eigenvalue weighted by Gasteiger charge is -2.45. The van der Waals surface area contributed by atoms with E-state index >= 15 is 0 Å². The molecule has 0 N–H and O–H groups in total. The summed E-state index contributed by atoms with van der Waals surface area (Å²) in [7, 11) is 0. The average molecular weight is 465 g/mol. The van der Waals surface area contributed by atoms with E-state index in [4.69, 9.17) is 19.5 Å². The Morgan fingerprint density at radius 3 is 2.54 bits per heavy atom. The molecule has 5 nitrogen and oxygen atoms in total. The van der Waals surface area contributed by atoms with Gasteiger partial charge in [-0.25, -0.2) is 9.78 Å². The first kappa shape index (κ1) is 22.8. The number of fused-ring (bicyclic) bond motifs is 4. The molecule has 2 aliphatic carbocycles. The van der Waals surface area contributed by atoms with Gasteiger partial charge in [0, 0.05) is 36.6 Å². The van der Waals surface area contributed by atoms with Gasteiger partial charge in [0.2, 0.25) is 5.88 Å². The molecule has 2 aliphatic rings. The summed E-state index contributed by atoms with van der Waals surface area (Å²) in [6.45, 7) is 6.23. The van der Waals surface area contributed by atoms with Gasteiger partial charge in [-0.3, -0.25) is 4.99 Å². The van der Waals surface area contributed by atoms with E-state index in [0.717, 1.165) is 35.2 Å². The van der Waals surface area contributed by atoms with E-state index in [1.54, 1.807) is 18.2 Å². The maximum absolute atomic E-state index is 12.4. The number of benzene rings is 2. The minimum Gasteiger partial charge on any atom is -0.395 e. The maximum atomic E-state index is 12.4. The molecule has 1 heterocycles.